The molecule has 0 saturated carbocycles. The van der Waals surface area contributed by atoms with Crippen LogP contribution < -0.4 is 10.6 Å². The van der Waals surface area contributed by atoms with Gasteiger partial charge in [0.25, 0.3) is 11.8 Å². The van der Waals surface area contributed by atoms with Crippen molar-refractivity contribution in [2.45, 2.75) is 27.7 Å². The number of amides is 2. The van der Waals surface area contributed by atoms with Crippen LogP contribution in [-0.2, 0) is 0 Å². The maximum absolute atomic E-state index is 12.5. The average Bonchev–Trinajstić information content (AvgIpc) is 2.63. The van der Waals surface area contributed by atoms with Crippen molar-refractivity contribution in [3.8, 4) is 0 Å². The van der Waals surface area contributed by atoms with E-state index in [9.17, 15) is 9.59 Å². The van der Waals surface area contributed by atoms with E-state index in [1.165, 1.54) is 0 Å². The number of pyridine rings is 2. The molecule has 0 unspecified atom stereocenters. The summed E-state index contributed by atoms with van der Waals surface area (Å²) in [7, 11) is 0. The Morgan fingerprint density at radius 1 is 0.643 bits per heavy atom. The largest absolute Gasteiger partial charge is 0.305 e. The van der Waals surface area contributed by atoms with E-state index < -0.39 is 11.8 Å². The van der Waals surface area contributed by atoms with Gasteiger partial charge in [0.05, 0.1) is 11.4 Å². The fourth-order valence-corrected chi connectivity index (χ4v) is 2.61. The third-order valence-electron chi connectivity index (χ3n) is 3.93. The normalized spacial score (nSPS) is 10.4. The number of nitrogens with zero attached hydrogens (tertiary/aromatic N) is 4. The smallest absolute Gasteiger partial charge is 0.277 e. The number of carbonyl (C=O) groups is 2. The Balaban J connectivity index is 1.82. The van der Waals surface area contributed by atoms with Crippen molar-refractivity contribution in [2.24, 2.45) is 0 Å². The van der Waals surface area contributed by atoms with Gasteiger partial charge in [0.2, 0.25) is 0 Å². The van der Waals surface area contributed by atoms with Gasteiger partial charge in [-0.05, 0) is 52.0 Å². The molecule has 0 saturated heterocycles. The lowest BCUT2D eigenvalue weighted by molar-refractivity contribution is 0.100. The number of carbonyl (C=O) groups excluding carboxylic acids is 2. The van der Waals surface area contributed by atoms with E-state index in [2.05, 4.69) is 30.6 Å². The van der Waals surface area contributed by atoms with Crippen molar-refractivity contribution in [3.63, 3.8) is 0 Å². The topological polar surface area (TPSA) is 110 Å². The maximum atomic E-state index is 12.5. The van der Waals surface area contributed by atoms with Gasteiger partial charge in [0.1, 0.15) is 23.0 Å². The standard InChI is InChI=1S/C20H20N6O2/c1-11-7-5-9-15(21-11)25-19(27)17-13(3)24-18(14(4)23-17)20(28)26-16-10-6-8-12(2)22-16/h5-10H,1-4H3,(H,21,25,27)(H,22,26,28). The monoisotopic (exact) mass is 376 g/mol. The Morgan fingerprint density at radius 2 is 1.04 bits per heavy atom. The van der Waals surface area contributed by atoms with E-state index >= 15 is 0 Å². The van der Waals surface area contributed by atoms with Gasteiger partial charge in [-0.25, -0.2) is 19.9 Å². The van der Waals surface area contributed by atoms with Crippen LogP contribution in [0.5, 0.6) is 0 Å². The second-order valence-corrected chi connectivity index (χ2v) is 6.33. The predicted molar refractivity (Wildman–Crippen MR) is 105 cm³/mol. The molecular formula is C20H20N6O2. The molecule has 0 aliphatic carbocycles. The van der Waals surface area contributed by atoms with Crippen LogP contribution in [0, 0.1) is 27.7 Å². The quantitative estimate of drug-likeness (QED) is 0.724. The fraction of sp³-hybridized carbons (Fsp3) is 0.200. The van der Waals surface area contributed by atoms with Crippen LogP contribution in [0.3, 0.4) is 0 Å². The summed E-state index contributed by atoms with van der Waals surface area (Å²) in [5.41, 5.74) is 2.55. The summed E-state index contributed by atoms with van der Waals surface area (Å²) in [4.78, 5) is 42.1. The molecule has 3 aromatic rings. The third-order valence-corrected chi connectivity index (χ3v) is 3.93. The van der Waals surface area contributed by atoms with Gasteiger partial charge in [0, 0.05) is 11.4 Å². The fourth-order valence-electron chi connectivity index (χ4n) is 2.61. The first-order valence-electron chi connectivity index (χ1n) is 8.69. The lowest BCUT2D eigenvalue weighted by atomic mass is 10.2. The molecule has 0 fully saturated rings. The molecule has 0 atom stereocenters. The van der Waals surface area contributed by atoms with Crippen LogP contribution in [0.4, 0.5) is 11.6 Å². The molecule has 0 radical (unpaired) electrons. The molecule has 3 heterocycles. The van der Waals surface area contributed by atoms with Gasteiger partial charge in [-0.1, -0.05) is 12.1 Å². The van der Waals surface area contributed by atoms with Crippen LogP contribution in [0.2, 0.25) is 0 Å². The zero-order valence-corrected chi connectivity index (χ0v) is 16.1. The van der Waals surface area contributed by atoms with Crippen LogP contribution in [0.25, 0.3) is 0 Å². The summed E-state index contributed by atoms with van der Waals surface area (Å²) < 4.78 is 0. The highest BCUT2D eigenvalue weighted by molar-refractivity contribution is 6.05. The molecule has 28 heavy (non-hydrogen) atoms. The van der Waals surface area contributed by atoms with Gasteiger partial charge in [-0.3, -0.25) is 9.59 Å². The van der Waals surface area contributed by atoms with Crippen molar-refractivity contribution >= 4 is 23.5 Å². The van der Waals surface area contributed by atoms with Crippen molar-refractivity contribution in [3.05, 3.63) is 70.6 Å². The molecule has 142 valence electrons. The van der Waals surface area contributed by atoms with Crippen molar-refractivity contribution in [2.75, 3.05) is 10.6 Å². The second-order valence-electron chi connectivity index (χ2n) is 6.33. The SMILES string of the molecule is Cc1cccc(NC(=O)c2nc(C)c(C(=O)Nc3cccc(C)n3)nc2C)n1. The molecule has 0 spiro atoms. The van der Waals surface area contributed by atoms with Crippen LogP contribution in [-0.4, -0.2) is 31.8 Å². The van der Waals surface area contributed by atoms with Crippen molar-refractivity contribution in [1.29, 1.82) is 0 Å². The van der Waals surface area contributed by atoms with Crippen molar-refractivity contribution in [1.82, 2.24) is 19.9 Å². The van der Waals surface area contributed by atoms with Gasteiger partial charge in [-0.2, -0.15) is 0 Å². The number of rotatable bonds is 4. The molecule has 0 aliphatic heterocycles. The molecule has 0 aliphatic rings. The molecular weight excluding hydrogens is 356 g/mol. The lowest BCUT2D eigenvalue weighted by Gasteiger charge is -2.11. The first-order chi connectivity index (χ1) is 13.3. The van der Waals surface area contributed by atoms with E-state index in [0.717, 1.165) is 11.4 Å². The Morgan fingerprint density at radius 3 is 1.39 bits per heavy atom. The minimum Gasteiger partial charge on any atom is -0.305 e. The first-order valence-corrected chi connectivity index (χ1v) is 8.69. The molecule has 2 N–H and O–H groups in total. The predicted octanol–water partition coefficient (Wildman–Crippen LogP) is 3.00. The summed E-state index contributed by atoms with van der Waals surface area (Å²) in [6.07, 6.45) is 0. The molecule has 2 amide bonds. The molecule has 0 aromatic carbocycles. The zero-order valence-electron chi connectivity index (χ0n) is 16.1. The Bertz CT molecular complexity index is 979. The highest BCUT2D eigenvalue weighted by Crippen LogP contribution is 2.13. The highest BCUT2D eigenvalue weighted by atomic mass is 16.2. The second kappa shape index (κ2) is 7.91. The number of anilines is 2. The summed E-state index contributed by atoms with van der Waals surface area (Å²) in [6, 6.07) is 10.7. The summed E-state index contributed by atoms with van der Waals surface area (Å²) in [5.74, 6) is -0.00981. The first kappa shape index (κ1) is 19.1. The van der Waals surface area contributed by atoms with E-state index in [-0.39, 0.29) is 11.4 Å². The Kier molecular flexibility index (Phi) is 5.39. The highest BCUT2D eigenvalue weighted by Gasteiger charge is 2.20. The van der Waals surface area contributed by atoms with Gasteiger partial charge in [0.15, 0.2) is 0 Å². The Hall–Kier alpha value is -3.68. The van der Waals surface area contributed by atoms with Gasteiger partial charge >= 0.3 is 0 Å². The molecule has 8 nitrogen and oxygen atoms in total. The van der Waals surface area contributed by atoms with Gasteiger partial charge < -0.3 is 10.6 Å². The summed E-state index contributed by atoms with van der Waals surface area (Å²) in [6.45, 7) is 6.93. The van der Waals surface area contributed by atoms with E-state index in [1.54, 1.807) is 38.1 Å². The number of aromatic nitrogens is 4. The molecule has 3 rings (SSSR count). The molecule has 3 aromatic heterocycles. The minimum atomic E-state index is -0.432. The van der Waals surface area contributed by atoms with Crippen molar-refractivity contribution < 1.29 is 9.59 Å². The van der Waals surface area contributed by atoms with E-state index in [0.29, 0.717) is 23.0 Å². The number of nitrogens with one attached hydrogen (secondary N) is 2. The van der Waals surface area contributed by atoms with Crippen LogP contribution >= 0.6 is 0 Å². The Labute approximate surface area is 162 Å². The average molecular weight is 376 g/mol. The van der Waals surface area contributed by atoms with Gasteiger partial charge in [-0.15, -0.1) is 0 Å². The summed E-state index contributed by atoms with van der Waals surface area (Å²) >= 11 is 0. The van der Waals surface area contributed by atoms with E-state index in [1.807, 2.05) is 26.0 Å². The number of hydrogen-bond acceptors (Lipinski definition) is 6. The van der Waals surface area contributed by atoms with Crippen LogP contribution in [0.15, 0.2) is 36.4 Å². The zero-order chi connectivity index (χ0) is 20.3. The third kappa shape index (κ3) is 4.35. The maximum Gasteiger partial charge on any atom is 0.277 e. The molecule has 0 bridgehead atoms. The minimum absolute atomic E-state index is 0.144. The lowest BCUT2D eigenvalue weighted by Crippen LogP contribution is -2.22. The molecule has 8 heteroatoms. The number of aryl methyl sites for hydroxylation is 4. The van der Waals surface area contributed by atoms with E-state index in [4.69, 9.17) is 0 Å². The number of hydrogen-bond donors (Lipinski definition) is 2. The van der Waals surface area contributed by atoms with Crippen LogP contribution in [0.1, 0.15) is 43.8 Å². The summed E-state index contributed by atoms with van der Waals surface area (Å²) in [5, 5.41) is 5.40.